The molecule has 1 saturated carbocycles. The molecule has 1 aliphatic rings. The molecule has 8 nitrogen and oxygen atoms in total. The van der Waals surface area contributed by atoms with Crippen LogP contribution in [0.25, 0.3) is 21.5 Å². The predicted molar refractivity (Wildman–Crippen MR) is 142 cm³/mol. The lowest BCUT2D eigenvalue weighted by molar-refractivity contribution is 0.302. The van der Waals surface area contributed by atoms with Crippen LogP contribution in [0.1, 0.15) is 43.1 Å². The number of halogens is 1. The molecule has 0 saturated heterocycles. The summed E-state index contributed by atoms with van der Waals surface area (Å²) < 4.78 is 8.06. The Labute approximate surface area is 216 Å². The van der Waals surface area contributed by atoms with Gasteiger partial charge in [-0.05, 0) is 44.0 Å². The molecule has 0 aliphatic heterocycles. The molecule has 182 valence electrons. The highest BCUT2D eigenvalue weighted by molar-refractivity contribution is 7.18. The van der Waals surface area contributed by atoms with Crippen LogP contribution in [0.2, 0.25) is 5.02 Å². The summed E-state index contributed by atoms with van der Waals surface area (Å²) in [6, 6.07) is 11.3. The first-order valence-electron chi connectivity index (χ1n) is 11.7. The minimum Gasteiger partial charge on any atom is -0.486 e. The number of hydrogen-bond donors (Lipinski definition) is 2. The van der Waals surface area contributed by atoms with Gasteiger partial charge in [0.05, 0.1) is 45.4 Å². The van der Waals surface area contributed by atoms with E-state index in [9.17, 15) is 4.79 Å². The van der Waals surface area contributed by atoms with E-state index in [1.54, 1.807) is 29.7 Å². The molecular formula is C26H23ClN6O2S. The predicted octanol–water partition coefficient (Wildman–Crippen LogP) is 5.98. The van der Waals surface area contributed by atoms with Gasteiger partial charge in [0.1, 0.15) is 12.4 Å². The number of ether oxygens (including phenoxy) is 1. The fraction of sp³-hybridized carbons (Fsp3) is 0.231. The second-order valence-corrected chi connectivity index (χ2v) is 10.3. The molecule has 4 aromatic heterocycles. The zero-order valence-electron chi connectivity index (χ0n) is 19.4. The molecule has 1 aromatic carbocycles. The van der Waals surface area contributed by atoms with Crippen LogP contribution < -0.4 is 15.6 Å². The smallest absolute Gasteiger partial charge is 0.253 e. The lowest BCUT2D eigenvalue weighted by atomic mass is 10.1. The van der Waals surface area contributed by atoms with Gasteiger partial charge in [0.15, 0.2) is 5.13 Å². The summed E-state index contributed by atoms with van der Waals surface area (Å²) in [5.74, 6) is 0.491. The summed E-state index contributed by atoms with van der Waals surface area (Å²) in [6.45, 7) is 2.23. The van der Waals surface area contributed by atoms with Gasteiger partial charge in [-0.15, -0.1) is 0 Å². The highest BCUT2D eigenvalue weighted by Crippen LogP contribution is 2.40. The van der Waals surface area contributed by atoms with E-state index in [0.717, 1.165) is 26.8 Å². The molecule has 10 heteroatoms. The van der Waals surface area contributed by atoms with Crippen molar-refractivity contribution < 1.29 is 4.74 Å². The van der Waals surface area contributed by atoms with E-state index in [1.165, 1.54) is 12.8 Å². The first kappa shape index (κ1) is 22.8. The average molecular weight is 519 g/mol. The first-order chi connectivity index (χ1) is 17.5. The summed E-state index contributed by atoms with van der Waals surface area (Å²) in [4.78, 5) is 30.1. The van der Waals surface area contributed by atoms with Crippen LogP contribution in [0, 0.1) is 0 Å². The topological polar surface area (TPSA) is 97.7 Å². The van der Waals surface area contributed by atoms with Gasteiger partial charge < -0.3 is 19.6 Å². The molecule has 5 aromatic rings. The molecule has 1 fully saturated rings. The third-order valence-electron chi connectivity index (χ3n) is 6.20. The molecule has 0 spiro atoms. The third-order valence-corrected chi connectivity index (χ3v) is 7.44. The van der Waals surface area contributed by atoms with Crippen LogP contribution in [0.4, 0.5) is 5.13 Å². The summed E-state index contributed by atoms with van der Waals surface area (Å²) in [5, 5.41) is 5.40. The Kier molecular flexibility index (Phi) is 5.94. The summed E-state index contributed by atoms with van der Waals surface area (Å²) in [7, 11) is 0. The minimum absolute atomic E-state index is 0.177. The fourth-order valence-electron chi connectivity index (χ4n) is 4.15. The van der Waals surface area contributed by atoms with Crippen molar-refractivity contribution in [1.29, 1.82) is 0 Å². The number of nitrogens with zero attached hydrogens (tertiary/aromatic N) is 4. The van der Waals surface area contributed by atoms with Crippen LogP contribution in [-0.2, 0) is 6.61 Å². The van der Waals surface area contributed by atoms with E-state index < -0.39 is 0 Å². The lowest BCUT2D eigenvalue weighted by Gasteiger charge is -2.14. The van der Waals surface area contributed by atoms with Gasteiger partial charge in [-0.2, -0.15) is 0 Å². The second-order valence-electron chi connectivity index (χ2n) is 8.85. The summed E-state index contributed by atoms with van der Waals surface area (Å²) in [5.41, 5.74) is 2.94. The average Bonchev–Trinajstić information content (AvgIpc) is 3.42. The number of aromatic amines is 1. The van der Waals surface area contributed by atoms with E-state index in [4.69, 9.17) is 16.3 Å². The highest BCUT2D eigenvalue weighted by Gasteiger charge is 2.26. The molecule has 2 N–H and O–H groups in total. The van der Waals surface area contributed by atoms with Gasteiger partial charge in [-0.25, -0.2) is 9.97 Å². The monoisotopic (exact) mass is 518 g/mol. The minimum atomic E-state index is -0.260. The fourth-order valence-corrected chi connectivity index (χ4v) is 5.30. The van der Waals surface area contributed by atoms with Gasteiger partial charge >= 0.3 is 0 Å². The van der Waals surface area contributed by atoms with E-state index in [2.05, 4.69) is 29.8 Å². The normalized spacial score (nSPS) is 14.2. The molecule has 0 radical (unpaired) electrons. The van der Waals surface area contributed by atoms with Crippen molar-refractivity contribution in [2.45, 2.75) is 38.5 Å². The second kappa shape index (κ2) is 9.40. The SMILES string of the molecule is CC(Nc1ncc(-c2cncn2C2CC2)s1)c1cc2cc(Cl)c(OCc3ccccn3)cc2[nH]c1=O. The van der Waals surface area contributed by atoms with Gasteiger partial charge in [0, 0.05) is 35.5 Å². The van der Waals surface area contributed by atoms with E-state index in [-0.39, 0.29) is 18.2 Å². The van der Waals surface area contributed by atoms with Crippen molar-refractivity contribution in [1.82, 2.24) is 24.5 Å². The number of hydrogen-bond acceptors (Lipinski definition) is 7. The maximum atomic E-state index is 13.0. The molecule has 0 bridgehead atoms. The Hall–Kier alpha value is -3.69. The number of thiazole rings is 1. The zero-order chi connectivity index (χ0) is 24.6. The highest BCUT2D eigenvalue weighted by atomic mass is 35.5. The molecule has 4 heterocycles. The van der Waals surface area contributed by atoms with E-state index in [0.29, 0.717) is 27.9 Å². The number of fused-ring (bicyclic) bond motifs is 1. The van der Waals surface area contributed by atoms with Gasteiger partial charge in [0.25, 0.3) is 5.56 Å². The van der Waals surface area contributed by atoms with Gasteiger partial charge in [-0.3, -0.25) is 9.78 Å². The Morgan fingerprint density at radius 1 is 1.25 bits per heavy atom. The van der Waals surface area contributed by atoms with Gasteiger partial charge in [-0.1, -0.05) is 29.0 Å². The number of imidazole rings is 1. The zero-order valence-corrected chi connectivity index (χ0v) is 21.0. The molecule has 1 atom stereocenters. The Morgan fingerprint density at radius 2 is 2.14 bits per heavy atom. The van der Waals surface area contributed by atoms with Crippen molar-refractivity contribution in [2.75, 3.05) is 5.32 Å². The number of anilines is 1. The van der Waals surface area contributed by atoms with Crippen molar-refractivity contribution in [3.05, 3.63) is 87.9 Å². The number of rotatable bonds is 8. The van der Waals surface area contributed by atoms with Crippen molar-refractivity contribution in [3.63, 3.8) is 0 Å². The quantitative estimate of drug-likeness (QED) is 0.262. The number of aromatic nitrogens is 5. The van der Waals surface area contributed by atoms with Crippen LogP contribution in [0.15, 0.2) is 66.1 Å². The standard InChI is InChI=1S/C26H23ClN6O2S/c1-15(31-26-30-12-24(36-26)22-11-28-14-33(22)18-5-6-18)19-8-16-9-20(27)23(10-21(16)32-25(19)34)35-13-17-4-2-3-7-29-17/h2-4,7-12,14-15,18H,5-6,13H2,1H3,(H,30,31)(H,32,34). The van der Waals surface area contributed by atoms with Gasteiger partial charge in [0.2, 0.25) is 0 Å². The van der Waals surface area contributed by atoms with Crippen molar-refractivity contribution in [2.24, 2.45) is 0 Å². The maximum absolute atomic E-state index is 13.0. The molecule has 6 rings (SSSR count). The number of benzene rings is 1. The first-order valence-corrected chi connectivity index (χ1v) is 12.9. The van der Waals surface area contributed by atoms with Crippen LogP contribution in [0.5, 0.6) is 5.75 Å². The maximum Gasteiger partial charge on any atom is 0.253 e. The van der Waals surface area contributed by atoms with E-state index in [1.807, 2.05) is 49.9 Å². The molecule has 1 unspecified atom stereocenters. The summed E-state index contributed by atoms with van der Waals surface area (Å²) >= 11 is 8.05. The molecule has 36 heavy (non-hydrogen) atoms. The molecule has 1 aliphatic carbocycles. The molecular weight excluding hydrogens is 496 g/mol. The van der Waals surface area contributed by atoms with Crippen molar-refractivity contribution in [3.8, 4) is 16.3 Å². The number of pyridine rings is 2. The Bertz CT molecular complexity index is 1590. The number of H-pyrrole nitrogens is 1. The van der Waals surface area contributed by atoms with E-state index >= 15 is 0 Å². The third kappa shape index (κ3) is 4.59. The van der Waals surface area contributed by atoms with Crippen LogP contribution in [0.3, 0.4) is 0 Å². The Morgan fingerprint density at radius 3 is 2.94 bits per heavy atom. The largest absolute Gasteiger partial charge is 0.486 e. The van der Waals surface area contributed by atoms with Crippen molar-refractivity contribution >= 4 is 39.0 Å². The lowest BCUT2D eigenvalue weighted by Crippen LogP contribution is -2.19. The van der Waals surface area contributed by atoms with Crippen LogP contribution in [-0.4, -0.2) is 24.5 Å². The molecule has 0 amide bonds. The Balaban J connectivity index is 1.21. The van der Waals surface area contributed by atoms with Crippen LogP contribution >= 0.6 is 22.9 Å². The number of nitrogens with one attached hydrogen (secondary N) is 2. The summed E-state index contributed by atoms with van der Waals surface area (Å²) in [6.07, 6.45) is 9.72.